The van der Waals surface area contributed by atoms with Crippen LogP contribution in [-0.2, 0) is 4.79 Å². The van der Waals surface area contributed by atoms with Crippen LogP contribution in [0.3, 0.4) is 0 Å². The molecule has 0 heterocycles. The number of hydrogen-bond acceptors (Lipinski definition) is 5. The minimum atomic E-state index is -1.12. The molecule has 2 aromatic rings. The average molecular weight is 432 g/mol. The lowest BCUT2D eigenvalue weighted by atomic mass is 10.0. The molecule has 0 aromatic heterocycles. The Labute approximate surface area is 163 Å². The van der Waals surface area contributed by atoms with Crippen LogP contribution in [0.25, 0.3) is 11.6 Å². The standard InChI is InChI=1S/C19H14BrNO6/c1-26-16-8-11(7-15(20)18(16)27-10-17(22)23)6-14(9-21)12-2-4-13(5-3-12)19(24)25/h2-8H,10H2,1H3,(H,22,23)(H,24,25)/b14-6+. The minimum absolute atomic E-state index is 0.125. The third-order valence-electron chi connectivity index (χ3n) is 3.47. The lowest BCUT2D eigenvalue weighted by Crippen LogP contribution is -2.10. The van der Waals surface area contributed by atoms with Gasteiger partial charge in [-0.05, 0) is 57.4 Å². The molecule has 0 radical (unpaired) electrons. The molecule has 138 valence electrons. The molecule has 0 fully saturated rings. The SMILES string of the molecule is COc1cc(/C=C(\C#N)c2ccc(C(=O)O)cc2)cc(Br)c1OCC(=O)O. The number of carboxylic acids is 2. The fraction of sp³-hybridized carbons (Fsp3) is 0.105. The van der Waals surface area contributed by atoms with Crippen molar-refractivity contribution in [3.8, 4) is 17.6 Å². The van der Waals surface area contributed by atoms with Gasteiger partial charge in [0.1, 0.15) is 0 Å². The highest BCUT2D eigenvalue weighted by Gasteiger charge is 2.13. The summed E-state index contributed by atoms with van der Waals surface area (Å²) in [6.45, 7) is -0.524. The molecular weight excluding hydrogens is 418 g/mol. The van der Waals surface area contributed by atoms with E-state index in [9.17, 15) is 14.9 Å². The molecule has 27 heavy (non-hydrogen) atoms. The zero-order valence-electron chi connectivity index (χ0n) is 14.1. The number of benzene rings is 2. The van der Waals surface area contributed by atoms with Gasteiger partial charge in [-0.2, -0.15) is 5.26 Å². The maximum Gasteiger partial charge on any atom is 0.341 e. The molecule has 0 aliphatic heterocycles. The van der Waals surface area contributed by atoms with Crippen LogP contribution < -0.4 is 9.47 Å². The van der Waals surface area contributed by atoms with E-state index in [1.165, 1.54) is 19.2 Å². The minimum Gasteiger partial charge on any atom is -0.493 e. The van der Waals surface area contributed by atoms with E-state index in [1.807, 2.05) is 0 Å². The summed E-state index contributed by atoms with van der Waals surface area (Å²) in [5.74, 6) is -1.63. The third-order valence-corrected chi connectivity index (χ3v) is 4.06. The third kappa shape index (κ3) is 5.09. The van der Waals surface area contributed by atoms with Gasteiger partial charge >= 0.3 is 11.9 Å². The van der Waals surface area contributed by atoms with E-state index in [2.05, 4.69) is 22.0 Å². The van der Waals surface area contributed by atoms with E-state index in [0.717, 1.165) is 0 Å². The van der Waals surface area contributed by atoms with Gasteiger partial charge in [-0.3, -0.25) is 0 Å². The number of allylic oxidation sites excluding steroid dienone is 1. The lowest BCUT2D eigenvalue weighted by molar-refractivity contribution is -0.139. The number of ether oxygens (including phenoxy) is 2. The van der Waals surface area contributed by atoms with E-state index in [-0.39, 0.29) is 11.3 Å². The summed E-state index contributed by atoms with van der Waals surface area (Å²) < 4.78 is 10.9. The molecule has 0 bridgehead atoms. The van der Waals surface area contributed by atoms with Crippen molar-refractivity contribution in [3.05, 3.63) is 57.6 Å². The van der Waals surface area contributed by atoms with Crippen molar-refractivity contribution in [3.63, 3.8) is 0 Å². The second-order valence-electron chi connectivity index (χ2n) is 5.27. The molecule has 0 saturated heterocycles. The summed E-state index contributed by atoms with van der Waals surface area (Å²) in [6, 6.07) is 11.3. The summed E-state index contributed by atoms with van der Waals surface area (Å²) in [5, 5.41) is 27.2. The number of carbonyl (C=O) groups is 2. The lowest BCUT2D eigenvalue weighted by Gasteiger charge is -2.12. The topological polar surface area (TPSA) is 117 Å². The number of methoxy groups -OCH3 is 1. The van der Waals surface area contributed by atoms with Gasteiger partial charge in [0.25, 0.3) is 0 Å². The highest BCUT2D eigenvalue weighted by molar-refractivity contribution is 9.10. The fourth-order valence-corrected chi connectivity index (χ4v) is 2.81. The highest BCUT2D eigenvalue weighted by Crippen LogP contribution is 2.37. The van der Waals surface area contributed by atoms with Crippen molar-refractivity contribution in [1.29, 1.82) is 5.26 Å². The zero-order valence-corrected chi connectivity index (χ0v) is 15.7. The van der Waals surface area contributed by atoms with Crippen LogP contribution in [0.5, 0.6) is 11.5 Å². The van der Waals surface area contributed by atoms with Crippen LogP contribution in [0, 0.1) is 11.3 Å². The quantitative estimate of drug-likeness (QED) is 0.506. The van der Waals surface area contributed by atoms with Gasteiger partial charge in [-0.1, -0.05) is 12.1 Å². The van der Waals surface area contributed by atoms with Crippen LogP contribution in [0.1, 0.15) is 21.5 Å². The molecule has 0 aliphatic carbocycles. The van der Waals surface area contributed by atoms with Crippen LogP contribution in [0.2, 0.25) is 0 Å². The molecule has 0 amide bonds. The smallest absolute Gasteiger partial charge is 0.341 e. The van der Waals surface area contributed by atoms with E-state index in [0.29, 0.717) is 26.9 Å². The Hall–Kier alpha value is -3.31. The van der Waals surface area contributed by atoms with Gasteiger partial charge < -0.3 is 19.7 Å². The monoisotopic (exact) mass is 431 g/mol. The Morgan fingerprint density at radius 3 is 2.33 bits per heavy atom. The molecule has 0 atom stereocenters. The van der Waals surface area contributed by atoms with Crippen molar-refractivity contribution in [2.24, 2.45) is 0 Å². The molecule has 0 unspecified atom stereocenters. The Kier molecular flexibility index (Phi) is 6.57. The van der Waals surface area contributed by atoms with Gasteiger partial charge in [0.05, 0.1) is 28.8 Å². The molecule has 0 saturated carbocycles. The Morgan fingerprint density at radius 1 is 1.19 bits per heavy atom. The molecule has 8 heteroatoms. The average Bonchev–Trinajstić information content (AvgIpc) is 2.64. The van der Waals surface area contributed by atoms with Gasteiger partial charge in [-0.25, -0.2) is 9.59 Å². The van der Waals surface area contributed by atoms with E-state index < -0.39 is 18.5 Å². The van der Waals surface area contributed by atoms with Crippen molar-refractivity contribution in [2.75, 3.05) is 13.7 Å². The number of halogens is 1. The molecule has 0 aliphatic rings. The molecule has 0 spiro atoms. The summed E-state index contributed by atoms with van der Waals surface area (Å²) in [4.78, 5) is 21.6. The van der Waals surface area contributed by atoms with Crippen LogP contribution in [0.15, 0.2) is 40.9 Å². The maximum absolute atomic E-state index is 10.9. The first kappa shape index (κ1) is 20.0. The first-order valence-electron chi connectivity index (χ1n) is 7.53. The number of nitriles is 1. The number of nitrogens with zero attached hydrogens (tertiary/aromatic N) is 1. The van der Waals surface area contributed by atoms with Gasteiger partial charge in [0.15, 0.2) is 18.1 Å². The van der Waals surface area contributed by atoms with Crippen LogP contribution in [0.4, 0.5) is 0 Å². The number of hydrogen-bond donors (Lipinski definition) is 2. The van der Waals surface area contributed by atoms with Crippen molar-refractivity contribution >= 4 is 39.5 Å². The van der Waals surface area contributed by atoms with Crippen molar-refractivity contribution < 1.29 is 29.3 Å². The van der Waals surface area contributed by atoms with Gasteiger partial charge in [0.2, 0.25) is 0 Å². The number of carboxylic acid groups (broad SMARTS) is 2. The molecular formula is C19H14BrNO6. The first-order chi connectivity index (χ1) is 12.8. The van der Waals surface area contributed by atoms with E-state index >= 15 is 0 Å². The Balaban J connectivity index is 2.40. The largest absolute Gasteiger partial charge is 0.493 e. The number of aromatic carboxylic acids is 1. The molecule has 2 N–H and O–H groups in total. The zero-order chi connectivity index (χ0) is 20.0. The molecule has 7 nitrogen and oxygen atoms in total. The molecule has 2 rings (SSSR count). The summed E-state index contributed by atoms with van der Waals surface area (Å²) in [6.07, 6.45) is 1.60. The highest BCUT2D eigenvalue weighted by atomic mass is 79.9. The predicted octanol–water partition coefficient (Wildman–Crippen LogP) is 3.68. The second-order valence-corrected chi connectivity index (χ2v) is 6.12. The van der Waals surface area contributed by atoms with Gasteiger partial charge in [-0.15, -0.1) is 0 Å². The van der Waals surface area contributed by atoms with E-state index in [4.69, 9.17) is 19.7 Å². The van der Waals surface area contributed by atoms with Crippen LogP contribution >= 0.6 is 15.9 Å². The molecule has 2 aromatic carbocycles. The fourth-order valence-electron chi connectivity index (χ4n) is 2.24. The van der Waals surface area contributed by atoms with Crippen LogP contribution in [-0.4, -0.2) is 35.9 Å². The Morgan fingerprint density at radius 2 is 1.81 bits per heavy atom. The normalized spacial score (nSPS) is 10.8. The maximum atomic E-state index is 10.9. The second kappa shape index (κ2) is 8.87. The van der Waals surface area contributed by atoms with Crippen molar-refractivity contribution in [2.45, 2.75) is 0 Å². The summed E-state index contributed by atoms with van der Waals surface area (Å²) in [5.41, 5.74) is 1.62. The number of aliphatic carboxylic acids is 1. The first-order valence-corrected chi connectivity index (χ1v) is 8.32. The predicted molar refractivity (Wildman–Crippen MR) is 101 cm³/mol. The summed E-state index contributed by atoms with van der Waals surface area (Å²) >= 11 is 3.31. The number of rotatable bonds is 7. The summed E-state index contributed by atoms with van der Waals surface area (Å²) in [7, 11) is 1.42. The van der Waals surface area contributed by atoms with Crippen molar-refractivity contribution in [1.82, 2.24) is 0 Å². The van der Waals surface area contributed by atoms with E-state index in [1.54, 1.807) is 30.3 Å². The van der Waals surface area contributed by atoms with Gasteiger partial charge in [0, 0.05) is 0 Å². The Bertz CT molecular complexity index is 944.